The SMILES string of the molecule is CCn1c(SCC(=O)Nc2ccccc2C(=O)c2ccccc2)nc2ccccc21. The van der Waals surface area contributed by atoms with E-state index in [4.69, 9.17) is 0 Å². The number of hydrogen-bond acceptors (Lipinski definition) is 4. The normalized spacial score (nSPS) is 10.8. The Kier molecular flexibility index (Phi) is 5.95. The molecule has 1 heterocycles. The van der Waals surface area contributed by atoms with Crippen molar-refractivity contribution in [2.75, 3.05) is 11.1 Å². The summed E-state index contributed by atoms with van der Waals surface area (Å²) < 4.78 is 2.10. The first-order valence-corrected chi connectivity index (χ1v) is 10.7. The Morgan fingerprint density at radius 3 is 2.43 bits per heavy atom. The number of anilines is 1. The van der Waals surface area contributed by atoms with Gasteiger partial charge in [0.25, 0.3) is 0 Å². The van der Waals surface area contributed by atoms with Gasteiger partial charge in [-0.3, -0.25) is 9.59 Å². The number of nitrogens with one attached hydrogen (secondary N) is 1. The Balaban J connectivity index is 1.49. The second-order valence-electron chi connectivity index (χ2n) is 6.70. The molecule has 4 aromatic rings. The van der Waals surface area contributed by atoms with E-state index in [1.165, 1.54) is 11.8 Å². The van der Waals surface area contributed by atoms with Gasteiger partial charge in [-0.15, -0.1) is 0 Å². The highest BCUT2D eigenvalue weighted by Gasteiger charge is 2.16. The van der Waals surface area contributed by atoms with Crippen molar-refractivity contribution in [2.24, 2.45) is 0 Å². The van der Waals surface area contributed by atoms with Gasteiger partial charge in [-0.1, -0.05) is 66.4 Å². The molecule has 0 fully saturated rings. The van der Waals surface area contributed by atoms with Crippen LogP contribution in [-0.2, 0) is 11.3 Å². The summed E-state index contributed by atoms with van der Waals surface area (Å²) in [7, 11) is 0. The highest BCUT2D eigenvalue weighted by molar-refractivity contribution is 7.99. The quantitative estimate of drug-likeness (QED) is 0.340. The van der Waals surface area contributed by atoms with Crippen LogP contribution in [0.15, 0.2) is 84.0 Å². The van der Waals surface area contributed by atoms with Gasteiger partial charge in [-0.2, -0.15) is 0 Å². The number of imidazole rings is 1. The monoisotopic (exact) mass is 415 g/mol. The minimum atomic E-state index is -0.178. The second-order valence-corrected chi connectivity index (χ2v) is 7.65. The van der Waals surface area contributed by atoms with Crippen LogP contribution in [0.2, 0.25) is 0 Å². The molecule has 0 unspecified atom stereocenters. The smallest absolute Gasteiger partial charge is 0.234 e. The van der Waals surface area contributed by atoms with Gasteiger partial charge >= 0.3 is 0 Å². The zero-order chi connectivity index (χ0) is 20.9. The molecule has 0 saturated carbocycles. The van der Waals surface area contributed by atoms with Gasteiger partial charge in [-0.05, 0) is 31.2 Å². The summed E-state index contributed by atoms with van der Waals surface area (Å²) in [6, 6.07) is 24.1. The number of para-hydroxylation sites is 3. The molecule has 0 atom stereocenters. The van der Waals surface area contributed by atoms with Gasteiger partial charge in [0.1, 0.15) is 0 Å². The Morgan fingerprint density at radius 1 is 0.933 bits per heavy atom. The molecule has 1 amide bonds. The first-order valence-electron chi connectivity index (χ1n) is 9.74. The van der Waals surface area contributed by atoms with E-state index in [2.05, 4.69) is 21.8 Å². The van der Waals surface area contributed by atoms with Crippen LogP contribution in [0.25, 0.3) is 11.0 Å². The maximum Gasteiger partial charge on any atom is 0.234 e. The van der Waals surface area contributed by atoms with E-state index in [-0.39, 0.29) is 17.4 Å². The van der Waals surface area contributed by atoms with E-state index >= 15 is 0 Å². The molecular weight excluding hydrogens is 394 g/mol. The third-order valence-corrected chi connectivity index (χ3v) is 5.73. The number of nitrogens with zero attached hydrogens (tertiary/aromatic N) is 2. The highest BCUT2D eigenvalue weighted by atomic mass is 32.2. The van der Waals surface area contributed by atoms with E-state index in [0.29, 0.717) is 16.8 Å². The third kappa shape index (κ3) is 4.14. The predicted molar refractivity (Wildman–Crippen MR) is 121 cm³/mol. The van der Waals surface area contributed by atoms with E-state index in [1.54, 1.807) is 36.4 Å². The molecule has 0 spiro atoms. The summed E-state index contributed by atoms with van der Waals surface area (Å²) >= 11 is 1.39. The van der Waals surface area contributed by atoms with Gasteiger partial charge in [0.2, 0.25) is 5.91 Å². The van der Waals surface area contributed by atoms with Gasteiger partial charge < -0.3 is 9.88 Å². The molecule has 6 heteroatoms. The molecule has 30 heavy (non-hydrogen) atoms. The Morgan fingerprint density at radius 2 is 1.63 bits per heavy atom. The van der Waals surface area contributed by atoms with Crippen molar-refractivity contribution < 1.29 is 9.59 Å². The lowest BCUT2D eigenvalue weighted by Gasteiger charge is -2.11. The number of rotatable bonds is 7. The molecule has 1 aromatic heterocycles. The zero-order valence-electron chi connectivity index (χ0n) is 16.5. The lowest BCUT2D eigenvalue weighted by molar-refractivity contribution is -0.113. The van der Waals surface area contributed by atoms with Crippen LogP contribution in [0.4, 0.5) is 5.69 Å². The first-order chi connectivity index (χ1) is 14.7. The average molecular weight is 416 g/mol. The van der Waals surface area contributed by atoms with Crippen LogP contribution < -0.4 is 5.32 Å². The van der Waals surface area contributed by atoms with Crippen molar-refractivity contribution in [3.05, 3.63) is 90.0 Å². The average Bonchev–Trinajstić information content (AvgIpc) is 3.15. The van der Waals surface area contributed by atoms with E-state index in [1.807, 2.05) is 42.5 Å². The van der Waals surface area contributed by atoms with E-state index < -0.39 is 0 Å². The van der Waals surface area contributed by atoms with Crippen molar-refractivity contribution in [1.82, 2.24) is 9.55 Å². The molecular formula is C24H21N3O2S. The molecule has 0 bridgehead atoms. The Labute approximate surface area is 179 Å². The minimum absolute atomic E-state index is 0.119. The first kappa shape index (κ1) is 19.9. The Bertz CT molecular complexity index is 1200. The molecule has 1 N–H and O–H groups in total. The topological polar surface area (TPSA) is 64.0 Å². The number of aromatic nitrogens is 2. The number of amides is 1. The van der Waals surface area contributed by atoms with Crippen LogP contribution in [0, 0.1) is 0 Å². The van der Waals surface area contributed by atoms with Gasteiger partial charge in [0.05, 0.1) is 22.5 Å². The minimum Gasteiger partial charge on any atom is -0.325 e. The number of carbonyl (C=O) groups is 2. The fraction of sp³-hybridized carbons (Fsp3) is 0.125. The number of ketones is 1. The zero-order valence-corrected chi connectivity index (χ0v) is 17.4. The summed E-state index contributed by atoms with van der Waals surface area (Å²) in [6.45, 7) is 2.84. The van der Waals surface area contributed by atoms with Crippen LogP contribution >= 0.6 is 11.8 Å². The molecule has 0 aliphatic heterocycles. The molecule has 150 valence electrons. The van der Waals surface area contributed by atoms with Gasteiger partial charge in [-0.25, -0.2) is 4.98 Å². The maximum absolute atomic E-state index is 12.8. The van der Waals surface area contributed by atoms with Crippen molar-refractivity contribution in [3.8, 4) is 0 Å². The number of thioether (sulfide) groups is 1. The standard InChI is InChI=1S/C24H21N3O2S/c1-2-27-21-15-9-8-14-20(21)26-24(27)30-16-22(28)25-19-13-7-6-12-18(19)23(29)17-10-4-3-5-11-17/h3-15H,2,16H2,1H3,(H,25,28). The van der Waals surface area contributed by atoms with Gasteiger partial charge in [0, 0.05) is 17.7 Å². The van der Waals surface area contributed by atoms with Gasteiger partial charge in [0.15, 0.2) is 10.9 Å². The summed E-state index contributed by atoms with van der Waals surface area (Å²) in [5.41, 5.74) is 3.55. The number of carbonyl (C=O) groups excluding carboxylic acids is 2. The van der Waals surface area contributed by atoms with Crippen LogP contribution in [0.5, 0.6) is 0 Å². The van der Waals surface area contributed by atoms with Crippen molar-refractivity contribution in [2.45, 2.75) is 18.6 Å². The summed E-state index contributed by atoms with van der Waals surface area (Å²) in [5.74, 6) is -0.0908. The Hall–Kier alpha value is -3.38. The molecule has 0 aliphatic rings. The fourth-order valence-corrected chi connectivity index (χ4v) is 4.20. The molecule has 0 radical (unpaired) electrons. The summed E-state index contributed by atoms with van der Waals surface area (Å²) in [5, 5.41) is 3.69. The van der Waals surface area contributed by atoms with Crippen molar-refractivity contribution >= 4 is 40.2 Å². The maximum atomic E-state index is 12.8. The molecule has 0 aliphatic carbocycles. The van der Waals surface area contributed by atoms with Crippen LogP contribution in [0.1, 0.15) is 22.8 Å². The fourth-order valence-electron chi connectivity index (χ4n) is 3.32. The van der Waals surface area contributed by atoms with Crippen LogP contribution in [0.3, 0.4) is 0 Å². The second kappa shape index (κ2) is 8.97. The molecule has 5 nitrogen and oxygen atoms in total. The number of hydrogen-bond donors (Lipinski definition) is 1. The third-order valence-electron chi connectivity index (χ3n) is 4.75. The van der Waals surface area contributed by atoms with E-state index in [0.717, 1.165) is 22.7 Å². The highest BCUT2D eigenvalue weighted by Crippen LogP contribution is 2.25. The van der Waals surface area contributed by atoms with Crippen molar-refractivity contribution in [1.29, 1.82) is 0 Å². The van der Waals surface area contributed by atoms with E-state index in [9.17, 15) is 9.59 Å². The number of aryl methyl sites for hydroxylation is 1. The summed E-state index contributed by atoms with van der Waals surface area (Å²) in [6.07, 6.45) is 0. The molecule has 4 rings (SSSR count). The predicted octanol–water partition coefficient (Wildman–Crippen LogP) is 5.02. The van der Waals surface area contributed by atoms with Crippen molar-refractivity contribution in [3.63, 3.8) is 0 Å². The lowest BCUT2D eigenvalue weighted by Crippen LogP contribution is -2.17. The number of benzene rings is 3. The summed E-state index contributed by atoms with van der Waals surface area (Å²) in [4.78, 5) is 30.1. The van der Waals surface area contributed by atoms with Crippen LogP contribution in [-0.4, -0.2) is 27.0 Å². The number of fused-ring (bicyclic) bond motifs is 1. The largest absolute Gasteiger partial charge is 0.325 e. The molecule has 3 aromatic carbocycles. The molecule has 0 saturated heterocycles. The lowest BCUT2D eigenvalue weighted by atomic mass is 10.0.